The van der Waals surface area contributed by atoms with Crippen molar-refractivity contribution in [1.29, 1.82) is 0 Å². The number of benzene rings is 2. The lowest BCUT2D eigenvalue weighted by molar-refractivity contribution is -0.133. The molecule has 2 aliphatic heterocycles. The molecular formula is C24H28N4O3. The standard InChI is InChI=1S/C24H28N4O3/c1-17-6-8-18(9-7-17)24(2)22(30)28(23(31)26-24)16-21(29)25-19-10-12-20(13-11-19)27-14-4-3-5-15-27/h6-13H,3-5,14-16H2,1-2H3,(H,25,29)(H,26,31)/t24-/m1/s1. The molecule has 2 saturated heterocycles. The van der Waals surface area contributed by atoms with E-state index >= 15 is 0 Å². The number of nitrogens with zero attached hydrogens (tertiary/aromatic N) is 2. The Morgan fingerprint density at radius 1 is 1.00 bits per heavy atom. The van der Waals surface area contributed by atoms with E-state index in [1.807, 2.05) is 55.5 Å². The number of hydrogen-bond acceptors (Lipinski definition) is 4. The van der Waals surface area contributed by atoms with Crippen LogP contribution in [0.2, 0.25) is 0 Å². The molecule has 0 bridgehead atoms. The normalized spacial score (nSPS) is 21.2. The third kappa shape index (κ3) is 4.26. The van der Waals surface area contributed by atoms with Crippen molar-refractivity contribution in [3.8, 4) is 0 Å². The zero-order valence-electron chi connectivity index (χ0n) is 18.0. The highest BCUT2D eigenvalue weighted by Gasteiger charge is 2.49. The SMILES string of the molecule is Cc1ccc([C@@]2(C)NC(=O)N(CC(=O)Nc3ccc(N4CCCCC4)cc3)C2=O)cc1. The molecule has 1 atom stereocenters. The number of carbonyl (C=O) groups is 3. The summed E-state index contributed by atoms with van der Waals surface area (Å²) in [5, 5.41) is 5.51. The van der Waals surface area contributed by atoms with Crippen LogP contribution in [0, 0.1) is 6.92 Å². The van der Waals surface area contributed by atoms with Gasteiger partial charge in [-0.1, -0.05) is 29.8 Å². The predicted octanol–water partition coefficient (Wildman–Crippen LogP) is 3.39. The molecule has 2 fully saturated rings. The van der Waals surface area contributed by atoms with E-state index in [4.69, 9.17) is 0 Å². The summed E-state index contributed by atoms with van der Waals surface area (Å²) in [5.41, 5.74) is 2.35. The van der Waals surface area contributed by atoms with Crippen LogP contribution in [0.15, 0.2) is 48.5 Å². The van der Waals surface area contributed by atoms with Crippen LogP contribution in [-0.4, -0.2) is 42.4 Å². The Balaban J connectivity index is 1.39. The van der Waals surface area contributed by atoms with Gasteiger partial charge in [0.15, 0.2) is 0 Å². The van der Waals surface area contributed by atoms with Gasteiger partial charge in [0, 0.05) is 24.5 Å². The van der Waals surface area contributed by atoms with Crippen LogP contribution in [-0.2, 0) is 15.1 Å². The highest BCUT2D eigenvalue weighted by Crippen LogP contribution is 2.29. The molecule has 7 nitrogen and oxygen atoms in total. The average Bonchev–Trinajstić information content (AvgIpc) is 2.99. The van der Waals surface area contributed by atoms with E-state index in [0.29, 0.717) is 11.3 Å². The molecule has 2 N–H and O–H groups in total. The number of aryl methyl sites for hydroxylation is 1. The zero-order valence-corrected chi connectivity index (χ0v) is 18.0. The van der Waals surface area contributed by atoms with Crippen molar-refractivity contribution < 1.29 is 14.4 Å². The van der Waals surface area contributed by atoms with Gasteiger partial charge in [-0.2, -0.15) is 0 Å². The van der Waals surface area contributed by atoms with Crippen LogP contribution >= 0.6 is 0 Å². The predicted molar refractivity (Wildman–Crippen MR) is 120 cm³/mol. The largest absolute Gasteiger partial charge is 0.372 e. The monoisotopic (exact) mass is 420 g/mol. The molecule has 0 saturated carbocycles. The smallest absolute Gasteiger partial charge is 0.325 e. The summed E-state index contributed by atoms with van der Waals surface area (Å²) in [4.78, 5) is 41.3. The molecule has 0 unspecified atom stereocenters. The summed E-state index contributed by atoms with van der Waals surface area (Å²) < 4.78 is 0. The van der Waals surface area contributed by atoms with E-state index in [1.54, 1.807) is 6.92 Å². The topological polar surface area (TPSA) is 81.8 Å². The van der Waals surface area contributed by atoms with E-state index in [0.717, 1.165) is 29.2 Å². The number of amides is 4. The number of hydrogen-bond donors (Lipinski definition) is 2. The van der Waals surface area contributed by atoms with Crippen molar-refractivity contribution in [2.75, 3.05) is 29.9 Å². The van der Waals surface area contributed by atoms with E-state index in [1.165, 1.54) is 19.3 Å². The number of nitrogens with one attached hydrogen (secondary N) is 2. The molecule has 2 heterocycles. The number of rotatable bonds is 5. The van der Waals surface area contributed by atoms with E-state index in [2.05, 4.69) is 15.5 Å². The van der Waals surface area contributed by atoms with Crippen molar-refractivity contribution in [3.05, 3.63) is 59.7 Å². The third-order valence-electron chi connectivity index (χ3n) is 6.08. The second-order valence-electron chi connectivity index (χ2n) is 8.46. The van der Waals surface area contributed by atoms with Crippen molar-refractivity contribution in [2.24, 2.45) is 0 Å². The summed E-state index contributed by atoms with van der Waals surface area (Å²) in [6.07, 6.45) is 3.67. The molecule has 7 heteroatoms. The summed E-state index contributed by atoms with van der Waals surface area (Å²) in [5.74, 6) is -0.848. The Morgan fingerprint density at radius 2 is 1.65 bits per heavy atom. The molecule has 0 radical (unpaired) electrons. The van der Waals surface area contributed by atoms with Gasteiger partial charge in [0.05, 0.1) is 0 Å². The van der Waals surface area contributed by atoms with Gasteiger partial charge in [-0.15, -0.1) is 0 Å². The Labute approximate surface area is 182 Å². The number of anilines is 2. The molecule has 162 valence electrons. The maximum Gasteiger partial charge on any atom is 0.325 e. The van der Waals surface area contributed by atoms with Crippen molar-refractivity contribution in [3.63, 3.8) is 0 Å². The lowest BCUT2D eigenvalue weighted by atomic mass is 9.91. The van der Waals surface area contributed by atoms with Crippen molar-refractivity contribution in [2.45, 2.75) is 38.6 Å². The van der Waals surface area contributed by atoms with Crippen LogP contribution < -0.4 is 15.5 Å². The van der Waals surface area contributed by atoms with Gasteiger partial charge in [-0.25, -0.2) is 4.79 Å². The molecule has 0 aliphatic carbocycles. The van der Waals surface area contributed by atoms with Gasteiger partial charge in [0.1, 0.15) is 12.1 Å². The molecule has 4 amide bonds. The van der Waals surface area contributed by atoms with Gasteiger partial charge in [0.2, 0.25) is 5.91 Å². The minimum absolute atomic E-state index is 0.333. The minimum atomic E-state index is -1.18. The van der Waals surface area contributed by atoms with Gasteiger partial charge in [0.25, 0.3) is 5.91 Å². The minimum Gasteiger partial charge on any atom is -0.372 e. The quantitative estimate of drug-likeness (QED) is 0.727. The lowest BCUT2D eigenvalue weighted by Crippen LogP contribution is -2.42. The fourth-order valence-electron chi connectivity index (χ4n) is 4.17. The van der Waals surface area contributed by atoms with Gasteiger partial charge < -0.3 is 15.5 Å². The van der Waals surface area contributed by atoms with Crippen molar-refractivity contribution >= 4 is 29.2 Å². The first kappa shape index (κ1) is 20.9. The molecule has 2 aromatic carbocycles. The molecule has 31 heavy (non-hydrogen) atoms. The average molecular weight is 421 g/mol. The fraction of sp³-hybridized carbons (Fsp3) is 0.375. The molecule has 0 aromatic heterocycles. The molecule has 2 aliphatic rings. The summed E-state index contributed by atoms with van der Waals surface area (Å²) >= 11 is 0. The second kappa shape index (κ2) is 8.41. The van der Waals surface area contributed by atoms with Crippen molar-refractivity contribution in [1.82, 2.24) is 10.2 Å². The van der Waals surface area contributed by atoms with E-state index < -0.39 is 23.4 Å². The number of piperidine rings is 1. The van der Waals surface area contributed by atoms with Crippen LogP contribution in [0.4, 0.5) is 16.2 Å². The first-order valence-corrected chi connectivity index (χ1v) is 10.7. The Morgan fingerprint density at radius 3 is 2.29 bits per heavy atom. The highest BCUT2D eigenvalue weighted by atomic mass is 16.2. The summed E-state index contributed by atoms with van der Waals surface area (Å²) in [6, 6.07) is 14.5. The zero-order chi connectivity index (χ0) is 22.0. The maximum absolute atomic E-state index is 13.0. The molecule has 2 aromatic rings. The Hall–Kier alpha value is -3.35. The number of carbonyl (C=O) groups excluding carboxylic acids is 3. The molecular weight excluding hydrogens is 392 g/mol. The number of urea groups is 1. The van der Waals surface area contributed by atoms with Crippen LogP contribution in [0.1, 0.15) is 37.3 Å². The first-order valence-electron chi connectivity index (χ1n) is 10.7. The Kier molecular flexibility index (Phi) is 5.67. The highest BCUT2D eigenvalue weighted by molar-refractivity contribution is 6.10. The number of imide groups is 1. The van der Waals surface area contributed by atoms with E-state index in [9.17, 15) is 14.4 Å². The van der Waals surface area contributed by atoms with Gasteiger partial charge in [-0.3, -0.25) is 14.5 Å². The molecule has 0 spiro atoms. The summed E-state index contributed by atoms with van der Waals surface area (Å²) in [7, 11) is 0. The fourth-order valence-corrected chi connectivity index (χ4v) is 4.17. The second-order valence-corrected chi connectivity index (χ2v) is 8.46. The van der Waals surface area contributed by atoms with Crippen LogP contribution in [0.3, 0.4) is 0 Å². The van der Waals surface area contributed by atoms with Crippen LogP contribution in [0.25, 0.3) is 0 Å². The van der Waals surface area contributed by atoms with Gasteiger partial charge in [-0.05, 0) is 62.9 Å². The van der Waals surface area contributed by atoms with Gasteiger partial charge >= 0.3 is 6.03 Å². The molecule has 4 rings (SSSR count). The Bertz CT molecular complexity index is 981. The van der Waals surface area contributed by atoms with E-state index in [-0.39, 0.29) is 6.54 Å². The summed E-state index contributed by atoms with van der Waals surface area (Å²) in [6.45, 7) is 5.39. The van der Waals surface area contributed by atoms with Crippen LogP contribution in [0.5, 0.6) is 0 Å². The lowest BCUT2D eigenvalue weighted by Gasteiger charge is -2.28. The maximum atomic E-state index is 13.0. The first-order chi connectivity index (χ1) is 14.9. The third-order valence-corrected chi connectivity index (χ3v) is 6.08.